The summed E-state index contributed by atoms with van der Waals surface area (Å²) in [6.07, 6.45) is 30.6. The molecule has 0 bridgehead atoms. The lowest BCUT2D eigenvalue weighted by Crippen LogP contribution is -2.37. The molecule has 0 spiro atoms. The van der Waals surface area contributed by atoms with E-state index in [0.29, 0.717) is 17.4 Å². The molecule has 0 aliphatic rings. The third kappa shape index (κ3) is 37.5. The highest BCUT2D eigenvalue weighted by Gasteiger charge is 2.22. The minimum absolute atomic E-state index is 0.0824. The molecular weight excluding hydrogens is 721 g/mol. The van der Waals surface area contributed by atoms with Crippen LogP contribution in [0.1, 0.15) is 162 Å². The number of carbonyl (C=O) groups is 2. The van der Waals surface area contributed by atoms with Gasteiger partial charge in [0.25, 0.3) is 7.82 Å². The van der Waals surface area contributed by atoms with Crippen LogP contribution in [0.25, 0.3) is 0 Å². The molecule has 3 unspecified atom stereocenters. The Morgan fingerprint density at radius 1 is 0.655 bits per heavy atom. The zero-order valence-electron chi connectivity index (χ0n) is 35.3. The van der Waals surface area contributed by atoms with E-state index in [1.54, 1.807) is 0 Å². The van der Waals surface area contributed by atoms with Crippen LogP contribution >= 0.6 is 7.82 Å². The Labute approximate surface area is 335 Å². The number of allylic oxidation sites excluding steroid dienone is 5. The molecule has 0 saturated heterocycles. The van der Waals surface area contributed by atoms with Gasteiger partial charge in [-0.2, -0.15) is 0 Å². The summed E-state index contributed by atoms with van der Waals surface area (Å²) >= 11 is 0. The van der Waals surface area contributed by atoms with E-state index in [-0.39, 0.29) is 45.3 Å². The normalized spacial score (nSPS) is 15.1. The topological polar surface area (TPSA) is 152 Å². The first-order valence-electron chi connectivity index (χ1n) is 21.4. The van der Waals surface area contributed by atoms with Crippen LogP contribution in [0.2, 0.25) is 0 Å². The highest BCUT2D eigenvalue weighted by Crippen LogP contribution is 2.38. The molecule has 0 aliphatic carbocycles. The molecule has 322 valence electrons. The fourth-order valence-corrected chi connectivity index (χ4v) is 6.31. The van der Waals surface area contributed by atoms with E-state index in [4.69, 9.17) is 18.5 Å². The predicted molar refractivity (Wildman–Crippen MR) is 220 cm³/mol. The van der Waals surface area contributed by atoms with Crippen LogP contribution in [-0.2, 0) is 32.7 Å². The summed E-state index contributed by atoms with van der Waals surface area (Å²) in [5.41, 5.74) is 0. The molecule has 12 heteroatoms. The summed E-state index contributed by atoms with van der Waals surface area (Å²) in [5.74, 6) is -1.12. The Balaban J connectivity index is 4.64. The maximum atomic E-state index is 12.7. The summed E-state index contributed by atoms with van der Waals surface area (Å²) in [4.78, 5) is 37.5. The Bertz CT molecular complexity index is 1070. The molecule has 0 aromatic heterocycles. The monoisotopic (exact) mass is 802 g/mol. The molecular formula is C43H80NO10P. The Hall–Kier alpha value is -1.85. The number of ether oxygens (including phenoxy) is 2. The molecule has 0 amide bonds. The van der Waals surface area contributed by atoms with Gasteiger partial charge in [0, 0.05) is 12.8 Å². The fraction of sp³-hybridized carbons (Fsp3) is 0.814. The maximum absolute atomic E-state index is 12.7. The van der Waals surface area contributed by atoms with E-state index in [1.165, 1.54) is 70.6 Å². The number of carbonyl (C=O) groups excluding carboxylic acids is 2. The number of phosphoric ester groups is 1. The zero-order valence-corrected chi connectivity index (χ0v) is 36.2. The van der Waals surface area contributed by atoms with E-state index >= 15 is 0 Å². The molecule has 2 N–H and O–H groups in total. The minimum Gasteiger partial charge on any atom is -0.756 e. The second-order valence-corrected chi connectivity index (χ2v) is 17.1. The van der Waals surface area contributed by atoms with Gasteiger partial charge in [0.1, 0.15) is 19.8 Å². The maximum Gasteiger partial charge on any atom is 0.306 e. The Morgan fingerprint density at radius 2 is 1.18 bits per heavy atom. The highest BCUT2D eigenvalue weighted by molar-refractivity contribution is 7.45. The van der Waals surface area contributed by atoms with E-state index in [0.717, 1.165) is 38.5 Å². The van der Waals surface area contributed by atoms with E-state index < -0.39 is 44.7 Å². The fourth-order valence-electron chi connectivity index (χ4n) is 5.58. The first kappa shape index (κ1) is 53.1. The number of aliphatic hydroxyl groups is 2. The number of phosphoric acid groups is 1. The van der Waals surface area contributed by atoms with Gasteiger partial charge >= 0.3 is 11.9 Å². The van der Waals surface area contributed by atoms with Crippen molar-refractivity contribution < 1.29 is 52.3 Å². The van der Waals surface area contributed by atoms with Gasteiger partial charge < -0.3 is 38.1 Å². The summed E-state index contributed by atoms with van der Waals surface area (Å²) in [5, 5.41) is 20.8. The van der Waals surface area contributed by atoms with Crippen molar-refractivity contribution in [3.63, 3.8) is 0 Å². The van der Waals surface area contributed by atoms with Crippen LogP contribution in [-0.4, -0.2) is 92.5 Å². The van der Waals surface area contributed by atoms with Crippen molar-refractivity contribution >= 4 is 19.8 Å². The minimum atomic E-state index is -4.70. The Morgan fingerprint density at radius 3 is 1.78 bits per heavy atom. The quantitative estimate of drug-likeness (QED) is 0.0203. The van der Waals surface area contributed by atoms with Gasteiger partial charge in [0.15, 0.2) is 6.10 Å². The lowest BCUT2D eigenvalue weighted by atomic mass is 10.0. The lowest BCUT2D eigenvalue weighted by Gasteiger charge is -2.28. The molecule has 0 aromatic rings. The number of rotatable bonds is 38. The number of hydrogen-bond donors (Lipinski definition) is 2. The van der Waals surface area contributed by atoms with Crippen LogP contribution in [0, 0.1) is 0 Å². The molecule has 0 radical (unpaired) electrons. The number of likely N-dealkylation sites (N-methyl/N-ethyl adjacent to an activating group) is 1. The Kier molecular flexibility index (Phi) is 34.1. The number of unbranched alkanes of at least 4 members (excludes halogenated alkanes) is 14. The van der Waals surface area contributed by atoms with Crippen molar-refractivity contribution in [1.82, 2.24) is 0 Å². The number of quaternary nitrogens is 1. The SMILES string of the molecule is CCCCC/C=C\C/C=C\C/C=C\CC(O)C(O)CCCC(=O)O[C@H](COC(=O)CCCCCCCCCCCCCC)COP(=O)([O-])OCC[N+](C)(C)C. The van der Waals surface area contributed by atoms with Crippen LogP contribution < -0.4 is 4.89 Å². The van der Waals surface area contributed by atoms with Gasteiger partial charge in [-0.05, 0) is 51.4 Å². The summed E-state index contributed by atoms with van der Waals surface area (Å²) < 4.78 is 33.6. The third-order valence-electron chi connectivity index (χ3n) is 9.11. The van der Waals surface area contributed by atoms with Crippen LogP contribution in [0.5, 0.6) is 0 Å². The summed E-state index contributed by atoms with van der Waals surface area (Å²) in [6.45, 7) is 3.84. The van der Waals surface area contributed by atoms with Gasteiger partial charge in [-0.25, -0.2) is 0 Å². The molecule has 0 saturated carbocycles. The lowest BCUT2D eigenvalue weighted by molar-refractivity contribution is -0.870. The highest BCUT2D eigenvalue weighted by atomic mass is 31.2. The average Bonchev–Trinajstić information content (AvgIpc) is 3.12. The van der Waals surface area contributed by atoms with Crippen LogP contribution in [0.15, 0.2) is 36.5 Å². The number of aliphatic hydroxyl groups excluding tert-OH is 2. The second kappa shape index (κ2) is 35.3. The van der Waals surface area contributed by atoms with Crippen molar-refractivity contribution in [2.24, 2.45) is 0 Å². The van der Waals surface area contributed by atoms with Gasteiger partial charge in [-0.15, -0.1) is 0 Å². The first-order chi connectivity index (χ1) is 26.3. The largest absolute Gasteiger partial charge is 0.756 e. The summed E-state index contributed by atoms with van der Waals surface area (Å²) in [6, 6.07) is 0. The van der Waals surface area contributed by atoms with E-state index in [1.807, 2.05) is 33.3 Å². The molecule has 0 fully saturated rings. The average molecular weight is 802 g/mol. The van der Waals surface area contributed by atoms with E-state index in [9.17, 15) is 29.3 Å². The van der Waals surface area contributed by atoms with Crippen molar-refractivity contribution in [3.8, 4) is 0 Å². The third-order valence-corrected chi connectivity index (χ3v) is 10.1. The molecule has 4 atom stereocenters. The first-order valence-corrected chi connectivity index (χ1v) is 22.8. The smallest absolute Gasteiger partial charge is 0.306 e. The summed E-state index contributed by atoms with van der Waals surface area (Å²) in [7, 11) is 0.989. The van der Waals surface area contributed by atoms with Crippen molar-refractivity contribution in [2.45, 2.75) is 180 Å². The van der Waals surface area contributed by atoms with Gasteiger partial charge in [0.05, 0.1) is 40.0 Å². The number of hydrogen-bond acceptors (Lipinski definition) is 10. The van der Waals surface area contributed by atoms with Crippen molar-refractivity contribution in [2.75, 3.05) is 47.5 Å². The van der Waals surface area contributed by atoms with E-state index in [2.05, 4.69) is 38.2 Å². The molecule has 55 heavy (non-hydrogen) atoms. The molecule has 11 nitrogen and oxygen atoms in total. The van der Waals surface area contributed by atoms with Gasteiger partial charge in [-0.3, -0.25) is 14.2 Å². The molecule has 0 aromatic carbocycles. The number of nitrogens with zero attached hydrogens (tertiary/aromatic N) is 1. The predicted octanol–water partition coefficient (Wildman–Crippen LogP) is 9.05. The van der Waals surface area contributed by atoms with Crippen LogP contribution in [0.4, 0.5) is 0 Å². The standard InChI is InChI=1S/C43H80NO10P/c1-6-8-10-12-14-16-18-20-22-24-26-28-31-40(45)41(46)32-30-34-43(48)54-39(38-53-55(49,50)52-36-35-44(3,4)5)37-51-42(47)33-29-27-25-23-21-19-17-15-13-11-9-7-2/h14,16,20,22,26,28,39-41,45-46H,6-13,15,17-19,21,23-25,27,29-38H2,1-5H3/b16-14-,22-20-,28-26-/t39-,40?,41?/m1/s1. The van der Waals surface area contributed by atoms with Crippen LogP contribution in [0.3, 0.4) is 0 Å². The molecule has 0 rings (SSSR count). The van der Waals surface area contributed by atoms with Crippen molar-refractivity contribution in [1.29, 1.82) is 0 Å². The molecule has 0 aliphatic heterocycles. The van der Waals surface area contributed by atoms with Crippen molar-refractivity contribution in [3.05, 3.63) is 36.5 Å². The number of esters is 2. The zero-order chi connectivity index (χ0) is 41.0. The van der Waals surface area contributed by atoms with Gasteiger partial charge in [0.2, 0.25) is 0 Å². The second-order valence-electron chi connectivity index (χ2n) is 15.7. The molecule has 0 heterocycles. The van der Waals surface area contributed by atoms with Gasteiger partial charge in [-0.1, -0.05) is 134 Å².